The Morgan fingerprint density at radius 2 is 1.76 bits per heavy atom. The van der Waals surface area contributed by atoms with Crippen LogP contribution in [-0.2, 0) is 11.3 Å². The van der Waals surface area contributed by atoms with E-state index in [1.165, 1.54) is 19.2 Å². The van der Waals surface area contributed by atoms with Gasteiger partial charge in [0, 0.05) is 36.9 Å². The second-order valence-corrected chi connectivity index (χ2v) is 6.99. The van der Waals surface area contributed by atoms with Crippen molar-refractivity contribution in [3.05, 3.63) is 64.9 Å². The summed E-state index contributed by atoms with van der Waals surface area (Å²) in [7, 11) is 1.39. The third-order valence-electron chi connectivity index (χ3n) is 4.62. The maximum absolute atomic E-state index is 13.1. The molecule has 29 heavy (non-hydrogen) atoms. The minimum atomic E-state index is -0.261. The van der Waals surface area contributed by atoms with Crippen LogP contribution >= 0.6 is 11.6 Å². The first-order valence-electron chi connectivity index (χ1n) is 9.14. The van der Waals surface area contributed by atoms with Gasteiger partial charge in [0.2, 0.25) is 5.96 Å². The number of anilines is 1. The van der Waals surface area contributed by atoms with Gasteiger partial charge in [0.1, 0.15) is 5.82 Å². The summed E-state index contributed by atoms with van der Waals surface area (Å²) in [6.45, 7) is 2.67. The predicted octanol–water partition coefficient (Wildman–Crippen LogP) is 3.43. The third kappa shape index (κ3) is 5.58. The van der Waals surface area contributed by atoms with Crippen molar-refractivity contribution >= 4 is 29.3 Å². The maximum Gasteiger partial charge on any atom is 0.319 e. The standard InChI is InChI=1S/C20H23ClFN5O2/c1-29-20(27(28)14-15-2-4-16(21)5-3-15)24-19(23)26-12-10-25(11-13-26)18-8-6-17(22)7-9-18/h2-9,23,28H,10-14H2,1H3/b23-19?,24-20+. The second-order valence-electron chi connectivity index (χ2n) is 6.56. The number of aliphatic imine (C=N–C) groups is 1. The first kappa shape index (κ1) is 20.9. The molecule has 1 fully saturated rings. The lowest BCUT2D eigenvalue weighted by atomic mass is 10.2. The smallest absolute Gasteiger partial charge is 0.319 e. The minimum absolute atomic E-state index is 0.00997. The van der Waals surface area contributed by atoms with Crippen molar-refractivity contribution in [1.82, 2.24) is 9.96 Å². The number of rotatable bonds is 3. The minimum Gasteiger partial charge on any atom is -0.467 e. The highest BCUT2D eigenvalue weighted by atomic mass is 35.5. The SMILES string of the molecule is CO/C(=N/C(=N)N1CCN(c2ccc(F)cc2)CC1)N(O)Cc1ccc(Cl)cc1. The molecule has 0 unspecified atom stereocenters. The molecule has 2 aromatic carbocycles. The number of hydrogen-bond donors (Lipinski definition) is 2. The van der Waals surface area contributed by atoms with Crippen LogP contribution in [0.3, 0.4) is 0 Å². The number of ether oxygens (including phenoxy) is 1. The average molecular weight is 420 g/mol. The zero-order valence-corrected chi connectivity index (χ0v) is 16.8. The topological polar surface area (TPSA) is 75.4 Å². The highest BCUT2D eigenvalue weighted by Crippen LogP contribution is 2.17. The van der Waals surface area contributed by atoms with E-state index in [2.05, 4.69) is 9.89 Å². The molecule has 154 valence electrons. The molecule has 0 bridgehead atoms. The number of hydroxylamine groups is 2. The van der Waals surface area contributed by atoms with Gasteiger partial charge in [-0.05, 0) is 42.0 Å². The quantitative estimate of drug-likeness (QED) is 0.453. The van der Waals surface area contributed by atoms with E-state index >= 15 is 0 Å². The van der Waals surface area contributed by atoms with E-state index < -0.39 is 0 Å². The van der Waals surface area contributed by atoms with Gasteiger partial charge in [-0.15, -0.1) is 0 Å². The van der Waals surface area contributed by atoms with Crippen molar-refractivity contribution in [2.24, 2.45) is 4.99 Å². The van der Waals surface area contributed by atoms with Crippen molar-refractivity contribution in [2.45, 2.75) is 6.54 Å². The second kappa shape index (κ2) is 9.58. The van der Waals surface area contributed by atoms with Crippen molar-refractivity contribution in [2.75, 3.05) is 38.2 Å². The lowest BCUT2D eigenvalue weighted by molar-refractivity contribution is -0.0451. The molecule has 0 aromatic heterocycles. The maximum atomic E-state index is 13.1. The summed E-state index contributed by atoms with van der Waals surface area (Å²) in [5.74, 6) is -0.251. The molecule has 1 aliphatic rings. The number of benzene rings is 2. The molecule has 0 atom stereocenters. The molecule has 0 amide bonds. The van der Waals surface area contributed by atoms with Gasteiger partial charge in [-0.25, -0.2) is 9.45 Å². The Bertz CT molecular complexity index is 852. The normalized spacial score (nSPS) is 14.7. The van der Waals surface area contributed by atoms with E-state index in [0.717, 1.165) is 16.3 Å². The number of nitrogens with zero attached hydrogens (tertiary/aromatic N) is 4. The van der Waals surface area contributed by atoms with Gasteiger partial charge in [0.05, 0.1) is 13.7 Å². The number of nitrogens with one attached hydrogen (secondary N) is 1. The first-order valence-corrected chi connectivity index (χ1v) is 9.51. The van der Waals surface area contributed by atoms with Crippen molar-refractivity contribution in [3.63, 3.8) is 0 Å². The summed E-state index contributed by atoms with van der Waals surface area (Å²) >= 11 is 5.87. The number of halogens is 2. The molecular formula is C20H23ClFN5O2. The van der Waals surface area contributed by atoms with Gasteiger partial charge in [-0.1, -0.05) is 23.7 Å². The van der Waals surface area contributed by atoms with Gasteiger partial charge in [0.15, 0.2) is 0 Å². The van der Waals surface area contributed by atoms with Crippen LogP contribution in [0.4, 0.5) is 10.1 Å². The van der Waals surface area contributed by atoms with E-state index in [0.29, 0.717) is 31.2 Å². The average Bonchev–Trinajstić information content (AvgIpc) is 2.74. The van der Waals surface area contributed by atoms with Gasteiger partial charge >= 0.3 is 6.02 Å². The van der Waals surface area contributed by atoms with Crippen LogP contribution < -0.4 is 4.90 Å². The molecule has 1 aliphatic heterocycles. The molecule has 2 aromatic rings. The van der Waals surface area contributed by atoms with Gasteiger partial charge in [-0.2, -0.15) is 4.99 Å². The Hall–Kier alpha value is -2.84. The monoisotopic (exact) mass is 419 g/mol. The van der Waals surface area contributed by atoms with Crippen molar-refractivity contribution in [1.29, 1.82) is 5.41 Å². The molecule has 3 rings (SSSR count). The highest BCUT2D eigenvalue weighted by Gasteiger charge is 2.21. The van der Waals surface area contributed by atoms with E-state index in [4.69, 9.17) is 21.7 Å². The lowest BCUT2D eigenvalue weighted by Crippen LogP contribution is -2.48. The van der Waals surface area contributed by atoms with Gasteiger partial charge in [0.25, 0.3) is 0 Å². The lowest BCUT2D eigenvalue weighted by Gasteiger charge is -2.36. The third-order valence-corrected chi connectivity index (χ3v) is 4.87. The number of hydrogen-bond acceptors (Lipinski definition) is 4. The Labute approximate surface area is 174 Å². The van der Waals surface area contributed by atoms with Crippen LogP contribution in [0.5, 0.6) is 0 Å². The van der Waals surface area contributed by atoms with Gasteiger partial charge < -0.3 is 14.5 Å². The molecule has 0 spiro atoms. The predicted molar refractivity (Wildman–Crippen MR) is 111 cm³/mol. The molecular weight excluding hydrogens is 397 g/mol. The summed E-state index contributed by atoms with van der Waals surface area (Å²) in [6.07, 6.45) is 0. The van der Waals surface area contributed by atoms with Gasteiger partial charge in [-0.3, -0.25) is 10.6 Å². The summed E-state index contributed by atoms with van der Waals surface area (Å²) in [4.78, 5) is 8.06. The Morgan fingerprint density at radius 1 is 1.14 bits per heavy atom. The number of amidine groups is 1. The van der Waals surface area contributed by atoms with Crippen molar-refractivity contribution in [3.8, 4) is 0 Å². The summed E-state index contributed by atoms with van der Waals surface area (Å²) in [5, 5.41) is 20.0. The molecule has 1 saturated heterocycles. The molecule has 1 heterocycles. The van der Waals surface area contributed by atoms with Crippen LogP contribution in [0.1, 0.15) is 5.56 Å². The fraction of sp³-hybridized carbons (Fsp3) is 0.300. The fourth-order valence-corrected chi connectivity index (χ4v) is 3.15. The zero-order valence-electron chi connectivity index (χ0n) is 16.1. The van der Waals surface area contributed by atoms with E-state index in [9.17, 15) is 9.60 Å². The first-order chi connectivity index (χ1) is 14.0. The number of guanidine groups is 1. The number of piperazine rings is 1. The van der Waals surface area contributed by atoms with Crippen LogP contribution in [0.15, 0.2) is 53.5 Å². The largest absolute Gasteiger partial charge is 0.467 e. The van der Waals surface area contributed by atoms with E-state index in [1.807, 2.05) is 0 Å². The molecule has 2 N–H and O–H groups in total. The summed E-state index contributed by atoms with van der Waals surface area (Å²) in [5.41, 5.74) is 1.77. The molecule has 0 aliphatic carbocycles. The molecule has 0 saturated carbocycles. The molecule has 0 radical (unpaired) electrons. The molecule has 7 nitrogen and oxygen atoms in total. The number of methoxy groups -OCH3 is 1. The van der Waals surface area contributed by atoms with Crippen LogP contribution in [0.2, 0.25) is 5.02 Å². The summed E-state index contributed by atoms with van der Waals surface area (Å²) < 4.78 is 18.2. The van der Waals surface area contributed by atoms with Crippen LogP contribution in [-0.4, -0.2) is 60.4 Å². The van der Waals surface area contributed by atoms with Crippen molar-refractivity contribution < 1.29 is 14.3 Å². The fourth-order valence-electron chi connectivity index (χ4n) is 3.03. The Balaban J connectivity index is 1.57. The van der Waals surface area contributed by atoms with E-state index in [-0.39, 0.29) is 24.3 Å². The Kier molecular flexibility index (Phi) is 6.90. The van der Waals surface area contributed by atoms with E-state index in [1.54, 1.807) is 41.3 Å². The van der Waals surface area contributed by atoms with Crippen LogP contribution in [0.25, 0.3) is 0 Å². The molecule has 9 heteroatoms. The summed E-state index contributed by atoms with van der Waals surface area (Å²) in [6, 6.07) is 13.4. The zero-order chi connectivity index (χ0) is 20.8. The van der Waals surface area contributed by atoms with Crippen LogP contribution in [0, 0.1) is 11.2 Å². The highest BCUT2D eigenvalue weighted by molar-refractivity contribution is 6.30. The Morgan fingerprint density at radius 3 is 2.34 bits per heavy atom.